The van der Waals surface area contributed by atoms with E-state index >= 15 is 0 Å². The van der Waals surface area contributed by atoms with Gasteiger partial charge >= 0.3 is 6.18 Å². The lowest BCUT2D eigenvalue weighted by Crippen LogP contribution is -2.29. The van der Waals surface area contributed by atoms with Crippen LogP contribution in [0.1, 0.15) is 47.2 Å². The fourth-order valence-electron chi connectivity index (χ4n) is 2.89. The molecule has 3 aromatic rings. The van der Waals surface area contributed by atoms with Crippen molar-refractivity contribution in [2.75, 3.05) is 12.0 Å². The van der Waals surface area contributed by atoms with E-state index in [0.29, 0.717) is 17.4 Å². The second kappa shape index (κ2) is 10.1. The molecule has 2 heterocycles. The van der Waals surface area contributed by atoms with Gasteiger partial charge in [0.25, 0.3) is 5.91 Å². The summed E-state index contributed by atoms with van der Waals surface area (Å²) in [6.45, 7) is 3.68. The summed E-state index contributed by atoms with van der Waals surface area (Å²) in [6.07, 6.45) is -0.193. The topological polar surface area (TPSA) is 102 Å². The number of carbonyl (C=O) groups is 1. The first-order valence-electron chi connectivity index (χ1n) is 10.1. The maximum atomic E-state index is 13.1. The van der Waals surface area contributed by atoms with E-state index in [1.807, 2.05) is 0 Å². The van der Waals surface area contributed by atoms with E-state index in [2.05, 4.69) is 24.7 Å². The van der Waals surface area contributed by atoms with Gasteiger partial charge in [-0.15, -0.1) is 0 Å². The van der Waals surface area contributed by atoms with Crippen molar-refractivity contribution in [1.82, 2.24) is 25.1 Å². The Morgan fingerprint density at radius 2 is 2.00 bits per heavy atom. The Hall–Kier alpha value is -2.99. The molecule has 1 N–H and O–H groups in total. The molecule has 8 nitrogen and oxygen atoms in total. The van der Waals surface area contributed by atoms with E-state index in [1.165, 1.54) is 11.0 Å². The molecule has 0 saturated carbocycles. The summed E-state index contributed by atoms with van der Waals surface area (Å²) in [4.78, 5) is 21.1. The molecule has 0 aliphatic carbocycles. The van der Waals surface area contributed by atoms with Crippen LogP contribution in [-0.2, 0) is 22.5 Å². The average Bonchev–Trinajstić information content (AvgIpc) is 3.27. The third-order valence-corrected chi connectivity index (χ3v) is 6.84. The number of nitrogens with one attached hydrogen (secondary N) is 1. The zero-order valence-corrected chi connectivity index (χ0v) is 20.1. The number of benzene rings is 1. The average molecular weight is 515 g/mol. The number of nitrogens with zero attached hydrogens (tertiary/aromatic N) is 5. The van der Waals surface area contributed by atoms with Crippen LogP contribution in [0.3, 0.4) is 0 Å². The molecule has 0 spiro atoms. The van der Waals surface area contributed by atoms with E-state index in [0.717, 1.165) is 23.8 Å². The molecule has 0 bridgehead atoms. The number of hydrogen-bond donors (Lipinski definition) is 1. The quantitative estimate of drug-likeness (QED) is 0.502. The fourth-order valence-corrected chi connectivity index (χ4v) is 3.73. The van der Waals surface area contributed by atoms with Crippen LogP contribution >= 0.6 is 11.6 Å². The maximum Gasteiger partial charge on any atom is 0.416 e. The van der Waals surface area contributed by atoms with Crippen LogP contribution in [0.15, 0.2) is 47.2 Å². The van der Waals surface area contributed by atoms with Gasteiger partial charge in [0.2, 0.25) is 0 Å². The minimum atomic E-state index is -4.64. The lowest BCUT2D eigenvalue weighted by molar-refractivity contribution is -0.137. The second-order valence-corrected chi connectivity index (χ2v) is 10.7. The Morgan fingerprint density at radius 1 is 1.26 bits per heavy atom. The van der Waals surface area contributed by atoms with Gasteiger partial charge in [-0.3, -0.25) is 9.00 Å². The molecule has 0 aliphatic heterocycles. The third-order valence-electron chi connectivity index (χ3n) is 4.88. The van der Waals surface area contributed by atoms with Gasteiger partial charge in [0.15, 0.2) is 11.6 Å². The van der Waals surface area contributed by atoms with Crippen molar-refractivity contribution in [3.05, 3.63) is 70.4 Å². The van der Waals surface area contributed by atoms with Gasteiger partial charge in [-0.05, 0) is 36.8 Å². The Labute approximate surface area is 199 Å². The summed E-state index contributed by atoms with van der Waals surface area (Å²) >= 11 is 5.77. The van der Waals surface area contributed by atoms with Gasteiger partial charge in [-0.1, -0.05) is 24.6 Å². The van der Waals surface area contributed by atoms with Gasteiger partial charge in [0.1, 0.15) is 6.33 Å². The summed E-state index contributed by atoms with van der Waals surface area (Å²) < 4.78 is 56.8. The van der Waals surface area contributed by atoms with Gasteiger partial charge < -0.3 is 5.32 Å². The standard InChI is InChI=1S/C21H22ClF3N6O2S/c1-4-34(3,33)29-11-14-5-6-18(26-10-14)31-19(27-12-28-31)13(2)30-20(32)15-7-16(21(23,24)25)9-17(22)8-15/h5-10,12-13H,4,11H2,1-3H3,(H,30,32)/t13-,34?/m0/s1. The number of carbonyl (C=O) groups excluding carboxylic acids is 1. The van der Waals surface area contributed by atoms with Gasteiger partial charge in [-0.25, -0.2) is 14.3 Å². The molecule has 2 aromatic heterocycles. The Morgan fingerprint density at radius 3 is 2.62 bits per heavy atom. The first-order chi connectivity index (χ1) is 15.9. The molecule has 3 rings (SSSR count). The zero-order valence-electron chi connectivity index (χ0n) is 18.5. The van der Waals surface area contributed by atoms with Crippen LogP contribution in [0, 0.1) is 0 Å². The maximum absolute atomic E-state index is 13.1. The SMILES string of the molecule is CCS(C)(=O)=NCc1ccc(-n2ncnc2[C@H](C)NC(=O)c2cc(Cl)cc(C(F)(F)F)c2)nc1. The smallest absolute Gasteiger partial charge is 0.342 e. The van der Waals surface area contributed by atoms with E-state index in [9.17, 15) is 22.2 Å². The highest BCUT2D eigenvalue weighted by Gasteiger charge is 2.32. The summed E-state index contributed by atoms with van der Waals surface area (Å²) in [5.41, 5.74) is -0.491. The summed E-state index contributed by atoms with van der Waals surface area (Å²) in [7, 11) is -2.23. The fraction of sp³-hybridized carbons (Fsp3) is 0.333. The lowest BCUT2D eigenvalue weighted by atomic mass is 10.1. The number of aromatic nitrogens is 4. The first kappa shape index (κ1) is 25.6. The minimum Gasteiger partial charge on any atom is -0.342 e. The number of alkyl halides is 3. The molecule has 0 saturated heterocycles. The zero-order chi connectivity index (χ0) is 25.1. The van der Waals surface area contributed by atoms with Gasteiger partial charge in [-0.2, -0.15) is 23.0 Å². The molecule has 1 aromatic carbocycles. The van der Waals surface area contributed by atoms with E-state index in [4.69, 9.17) is 11.6 Å². The minimum absolute atomic E-state index is 0.204. The van der Waals surface area contributed by atoms with Crippen molar-refractivity contribution in [2.45, 2.75) is 32.6 Å². The van der Waals surface area contributed by atoms with Crippen LogP contribution in [-0.4, -0.2) is 41.9 Å². The molecule has 13 heteroatoms. The van der Waals surface area contributed by atoms with Crippen LogP contribution in [0.2, 0.25) is 5.02 Å². The third kappa shape index (κ3) is 6.32. The molecule has 34 heavy (non-hydrogen) atoms. The van der Waals surface area contributed by atoms with Crippen molar-refractivity contribution < 1.29 is 22.2 Å². The highest BCUT2D eigenvalue weighted by molar-refractivity contribution is 7.92. The van der Waals surface area contributed by atoms with Crippen LogP contribution < -0.4 is 5.32 Å². The van der Waals surface area contributed by atoms with Gasteiger partial charge in [0.05, 0.1) is 18.2 Å². The Bertz CT molecular complexity index is 1300. The summed E-state index contributed by atoms with van der Waals surface area (Å²) in [6, 6.07) is 5.36. The largest absolute Gasteiger partial charge is 0.416 e. The molecular weight excluding hydrogens is 493 g/mol. The molecule has 182 valence electrons. The highest BCUT2D eigenvalue weighted by atomic mass is 35.5. The Balaban J connectivity index is 1.78. The van der Waals surface area contributed by atoms with Crippen LogP contribution in [0.25, 0.3) is 5.82 Å². The van der Waals surface area contributed by atoms with Crippen LogP contribution in [0.5, 0.6) is 0 Å². The second-order valence-electron chi connectivity index (χ2n) is 7.51. The predicted octanol–water partition coefficient (Wildman–Crippen LogP) is 4.44. The predicted molar refractivity (Wildman–Crippen MR) is 122 cm³/mol. The number of hydrogen-bond acceptors (Lipinski definition) is 6. The summed E-state index contributed by atoms with van der Waals surface area (Å²) in [5.74, 6) is 0.432. The van der Waals surface area contributed by atoms with E-state index < -0.39 is 33.4 Å². The molecule has 0 fully saturated rings. The molecule has 2 atom stereocenters. The Kier molecular flexibility index (Phi) is 7.61. The highest BCUT2D eigenvalue weighted by Crippen LogP contribution is 2.32. The van der Waals surface area contributed by atoms with Crippen molar-refractivity contribution in [2.24, 2.45) is 4.36 Å². The van der Waals surface area contributed by atoms with Crippen molar-refractivity contribution in [3.8, 4) is 5.82 Å². The molecule has 0 radical (unpaired) electrons. The molecular formula is C21H22ClF3N6O2S. The molecule has 1 unspecified atom stereocenters. The normalized spacial score (nSPS) is 14.3. The molecule has 1 amide bonds. The number of pyridine rings is 1. The van der Waals surface area contributed by atoms with Crippen molar-refractivity contribution >= 4 is 27.2 Å². The monoisotopic (exact) mass is 514 g/mol. The van der Waals surface area contributed by atoms with E-state index in [1.54, 1.807) is 38.4 Å². The molecule has 0 aliphatic rings. The van der Waals surface area contributed by atoms with E-state index in [-0.39, 0.29) is 17.1 Å². The number of rotatable bonds is 7. The summed E-state index contributed by atoms with van der Waals surface area (Å²) in [5, 5.41) is 6.53. The van der Waals surface area contributed by atoms with Crippen molar-refractivity contribution in [1.29, 1.82) is 0 Å². The lowest BCUT2D eigenvalue weighted by Gasteiger charge is -2.15. The first-order valence-corrected chi connectivity index (χ1v) is 12.6. The van der Waals surface area contributed by atoms with Gasteiger partial charge in [0, 0.05) is 38.5 Å². The number of halogens is 4. The number of amides is 1. The van der Waals surface area contributed by atoms with Crippen LogP contribution in [0.4, 0.5) is 13.2 Å². The van der Waals surface area contributed by atoms with Crippen molar-refractivity contribution in [3.63, 3.8) is 0 Å².